The van der Waals surface area contributed by atoms with Crippen LogP contribution in [0.3, 0.4) is 0 Å². The Bertz CT molecular complexity index is 444. The van der Waals surface area contributed by atoms with Gasteiger partial charge in [-0.1, -0.05) is 23.7 Å². The second-order valence-corrected chi connectivity index (χ2v) is 3.88. The van der Waals surface area contributed by atoms with Crippen molar-refractivity contribution in [1.82, 2.24) is 9.97 Å². The SMILES string of the molecule is OC(Cc1cccnc1)c1ccc(Cl)nc1. The lowest BCUT2D eigenvalue weighted by molar-refractivity contribution is 0.178. The first-order chi connectivity index (χ1) is 7.75. The molecule has 0 fully saturated rings. The first kappa shape index (κ1) is 11.0. The van der Waals surface area contributed by atoms with E-state index in [-0.39, 0.29) is 0 Å². The van der Waals surface area contributed by atoms with E-state index in [4.69, 9.17) is 11.6 Å². The highest BCUT2D eigenvalue weighted by molar-refractivity contribution is 6.29. The van der Waals surface area contributed by atoms with Gasteiger partial charge in [0.2, 0.25) is 0 Å². The third-order valence-electron chi connectivity index (χ3n) is 2.29. The monoisotopic (exact) mass is 234 g/mol. The van der Waals surface area contributed by atoms with Gasteiger partial charge in [-0.25, -0.2) is 4.98 Å². The van der Waals surface area contributed by atoms with Gasteiger partial charge in [0, 0.05) is 25.0 Å². The predicted octanol–water partition coefficient (Wildman–Crippen LogP) is 2.41. The summed E-state index contributed by atoms with van der Waals surface area (Å²) in [7, 11) is 0. The molecule has 2 heterocycles. The molecule has 0 aliphatic heterocycles. The number of rotatable bonds is 3. The molecule has 0 radical (unpaired) electrons. The molecule has 82 valence electrons. The maximum atomic E-state index is 9.95. The summed E-state index contributed by atoms with van der Waals surface area (Å²) in [5.41, 5.74) is 1.75. The summed E-state index contributed by atoms with van der Waals surface area (Å²) in [5.74, 6) is 0. The lowest BCUT2D eigenvalue weighted by Crippen LogP contribution is -2.02. The summed E-state index contributed by atoms with van der Waals surface area (Å²) < 4.78 is 0. The third-order valence-corrected chi connectivity index (χ3v) is 2.51. The number of hydrogen-bond donors (Lipinski definition) is 1. The van der Waals surface area contributed by atoms with E-state index in [9.17, 15) is 5.11 Å². The molecule has 1 unspecified atom stereocenters. The Morgan fingerprint density at radius 1 is 1.25 bits per heavy atom. The molecule has 0 spiro atoms. The van der Waals surface area contributed by atoms with Gasteiger partial charge in [-0.2, -0.15) is 0 Å². The molecule has 2 rings (SSSR count). The Morgan fingerprint density at radius 3 is 2.75 bits per heavy atom. The second-order valence-electron chi connectivity index (χ2n) is 3.50. The Morgan fingerprint density at radius 2 is 2.12 bits per heavy atom. The van der Waals surface area contributed by atoms with Gasteiger partial charge in [-0.05, 0) is 23.3 Å². The van der Waals surface area contributed by atoms with E-state index in [2.05, 4.69) is 9.97 Å². The van der Waals surface area contributed by atoms with E-state index in [1.54, 1.807) is 30.7 Å². The minimum absolute atomic E-state index is 0.428. The molecule has 16 heavy (non-hydrogen) atoms. The number of aliphatic hydroxyl groups excluding tert-OH is 1. The summed E-state index contributed by atoms with van der Waals surface area (Å²) in [6.45, 7) is 0. The molecule has 0 saturated carbocycles. The van der Waals surface area contributed by atoms with E-state index in [0.29, 0.717) is 11.6 Å². The molecule has 4 heteroatoms. The highest BCUT2D eigenvalue weighted by Crippen LogP contribution is 2.18. The number of halogens is 1. The van der Waals surface area contributed by atoms with Crippen LogP contribution in [0, 0.1) is 0 Å². The topological polar surface area (TPSA) is 46.0 Å². The van der Waals surface area contributed by atoms with E-state index >= 15 is 0 Å². The minimum atomic E-state index is -0.575. The Kier molecular flexibility index (Phi) is 3.49. The normalized spacial score (nSPS) is 12.4. The molecule has 2 aromatic heterocycles. The van der Waals surface area contributed by atoms with Crippen LogP contribution in [0.25, 0.3) is 0 Å². The molecule has 1 N–H and O–H groups in total. The van der Waals surface area contributed by atoms with Gasteiger partial charge in [-0.3, -0.25) is 4.98 Å². The fourth-order valence-electron chi connectivity index (χ4n) is 1.44. The van der Waals surface area contributed by atoms with Gasteiger partial charge in [0.1, 0.15) is 5.15 Å². The predicted molar refractivity (Wildman–Crippen MR) is 62.1 cm³/mol. The van der Waals surface area contributed by atoms with Gasteiger partial charge in [0.15, 0.2) is 0 Å². The smallest absolute Gasteiger partial charge is 0.129 e. The minimum Gasteiger partial charge on any atom is -0.388 e. The van der Waals surface area contributed by atoms with Crippen molar-refractivity contribution in [2.75, 3.05) is 0 Å². The van der Waals surface area contributed by atoms with Crippen LogP contribution in [0.1, 0.15) is 17.2 Å². The van der Waals surface area contributed by atoms with Crippen LogP contribution < -0.4 is 0 Å². The largest absolute Gasteiger partial charge is 0.388 e. The number of pyridine rings is 2. The highest BCUT2D eigenvalue weighted by atomic mass is 35.5. The van der Waals surface area contributed by atoms with Crippen molar-refractivity contribution in [1.29, 1.82) is 0 Å². The second kappa shape index (κ2) is 5.05. The van der Waals surface area contributed by atoms with Gasteiger partial charge in [-0.15, -0.1) is 0 Å². The zero-order valence-corrected chi connectivity index (χ0v) is 9.30. The molecule has 3 nitrogen and oxygen atoms in total. The van der Waals surface area contributed by atoms with Crippen molar-refractivity contribution < 1.29 is 5.11 Å². The van der Waals surface area contributed by atoms with Crippen molar-refractivity contribution in [2.24, 2.45) is 0 Å². The molecule has 0 aromatic carbocycles. The zero-order valence-electron chi connectivity index (χ0n) is 8.55. The summed E-state index contributed by atoms with van der Waals surface area (Å²) in [5, 5.41) is 10.4. The maximum absolute atomic E-state index is 9.95. The van der Waals surface area contributed by atoms with Crippen molar-refractivity contribution >= 4 is 11.6 Å². The molecular weight excluding hydrogens is 224 g/mol. The number of hydrogen-bond acceptors (Lipinski definition) is 3. The fraction of sp³-hybridized carbons (Fsp3) is 0.167. The summed E-state index contributed by atoms with van der Waals surface area (Å²) in [6.07, 6.45) is 4.99. The van der Waals surface area contributed by atoms with Crippen LogP contribution in [0.2, 0.25) is 5.15 Å². The average Bonchev–Trinajstić information content (AvgIpc) is 2.31. The van der Waals surface area contributed by atoms with Crippen LogP contribution in [0.15, 0.2) is 42.9 Å². The lowest BCUT2D eigenvalue weighted by atomic mass is 10.0. The molecule has 0 bridgehead atoms. The van der Waals surface area contributed by atoms with Crippen LogP contribution in [0.4, 0.5) is 0 Å². The summed E-state index contributed by atoms with van der Waals surface area (Å²) in [6, 6.07) is 7.22. The van der Waals surface area contributed by atoms with E-state index < -0.39 is 6.10 Å². The van der Waals surface area contributed by atoms with E-state index in [1.807, 2.05) is 12.1 Å². The van der Waals surface area contributed by atoms with E-state index in [0.717, 1.165) is 11.1 Å². The molecule has 2 aromatic rings. The molecule has 0 saturated heterocycles. The Labute approximate surface area is 98.8 Å². The lowest BCUT2D eigenvalue weighted by Gasteiger charge is -2.10. The van der Waals surface area contributed by atoms with Gasteiger partial charge < -0.3 is 5.11 Å². The Hall–Kier alpha value is -1.45. The number of nitrogens with zero attached hydrogens (tertiary/aromatic N) is 2. The first-order valence-electron chi connectivity index (χ1n) is 4.94. The molecule has 1 atom stereocenters. The molecular formula is C12H11ClN2O. The van der Waals surface area contributed by atoms with Gasteiger partial charge in [0.05, 0.1) is 6.10 Å². The molecule has 0 aliphatic rings. The van der Waals surface area contributed by atoms with Crippen LogP contribution in [-0.2, 0) is 6.42 Å². The van der Waals surface area contributed by atoms with Crippen molar-refractivity contribution in [3.05, 3.63) is 59.1 Å². The number of aliphatic hydroxyl groups is 1. The fourth-order valence-corrected chi connectivity index (χ4v) is 1.56. The standard InChI is InChI=1S/C12H11ClN2O/c13-12-4-3-10(8-15-12)11(16)6-9-2-1-5-14-7-9/h1-5,7-8,11,16H,6H2. The van der Waals surface area contributed by atoms with Crippen molar-refractivity contribution in [2.45, 2.75) is 12.5 Å². The highest BCUT2D eigenvalue weighted by Gasteiger charge is 2.08. The van der Waals surface area contributed by atoms with Crippen molar-refractivity contribution in [3.63, 3.8) is 0 Å². The van der Waals surface area contributed by atoms with Crippen LogP contribution in [-0.4, -0.2) is 15.1 Å². The summed E-state index contributed by atoms with van der Waals surface area (Å²) in [4.78, 5) is 7.93. The Balaban J connectivity index is 2.09. The van der Waals surface area contributed by atoms with Crippen LogP contribution >= 0.6 is 11.6 Å². The molecule has 0 amide bonds. The van der Waals surface area contributed by atoms with Gasteiger partial charge in [0.25, 0.3) is 0 Å². The summed E-state index contributed by atoms with van der Waals surface area (Å²) >= 11 is 5.67. The average molecular weight is 235 g/mol. The van der Waals surface area contributed by atoms with Gasteiger partial charge >= 0.3 is 0 Å². The first-order valence-corrected chi connectivity index (χ1v) is 5.32. The maximum Gasteiger partial charge on any atom is 0.129 e. The number of aromatic nitrogens is 2. The molecule has 0 aliphatic carbocycles. The zero-order chi connectivity index (χ0) is 11.4. The van der Waals surface area contributed by atoms with Crippen molar-refractivity contribution in [3.8, 4) is 0 Å². The third kappa shape index (κ3) is 2.78. The van der Waals surface area contributed by atoms with Crippen LogP contribution in [0.5, 0.6) is 0 Å². The quantitative estimate of drug-likeness (QED) is 0.830. The van der Waals surface area contributed by atoms with E-state index in [1.165, 1.54) is 0 Å².